The van der Waals surface area contributed by atoms with Crippen molar-refractivity contribution in [1.29, 1.82) is 0 Å². The average molecular weight is 210 g/mol. The number of ether oxygens (including phenoxy) is 1. The van der Waals surface area contributed by atoms with Crippen LogP contribution in [0.15, 0.2) is 17.1 Å². The van der Waals surface area contributed by atoms with Gasteiger partial charge >= 0.3 is 0 Å². The first-order valence-electron chi connectivity index (χ1n) is 5.09. The van der Waals surface area contributed by atoms with E-state index in [2.05, 4.69) is 0 Å². The molecule has 1 aromatic rings. The second kappa shape index (κ2) is 4.98. The molecule has 4 nitrogen and oxygen atoms in total. The number of hydrogen-bond acceptors (Lipinski definition) is 3. The summed E-state index contributed by atoms with van der Waals surface area (Å²) in [6, 6.07) is 1.55. The maximum Gasteiger partial charge on any atom is 0.250 e. The van der Waals surface area contributed by atoms with E-state index in [9.17, 15) is 4.79 Å². The van der Waals surface area contributed by atoms with Crippen molar-refractivity contribution in [3.05, 3.63) is 28.2 Å². The first-order chi connectivity index (χ1) is 7.00. The van der Waals surface area contributed by atoms with Gasteiger partial charge in [0.25, 0.3) is 5.56 Å². The maximum absolute atomic E-state index is 11.5. The van der Waals surface area contributed by atoms with Crippen molar-refractivity contribution < 1.29 is 4.74 Å². The standard InChI is InChI=1S/C11H18N2O2/c1-8(2)15-5-4-13-7-10(12)9(3)6-11(13)14/h6-8H,4-5,12H2,1-3H3. The Bertz CT molecular complexity index is 383. The van der Waals surface area contributed by atoms with Gasteiger partial charge in [0.1, 0.15) is 0 Å². The summed E-state index contributed by atoms with van der Waals surface area (Å²) in [5.41, 5.74) is 7.15. The van der Waals surface area contributed by atoms with Crippen LogP contribution in [0.25, 0.3) is 0 Å². The molecule has 0 spiro atoms. The predicted molar refractivity (Wildman–Crippen MR) is 60.9 cm³/mol. The Morgan fingerprint density at radius 1 is 1.53 bits per heavy atom. The summed E-state index contributed by atoms with van der Waals surface area (Å²) in [6.07, 6.45) is 1.85. The van der Waals surface area contributed by atoms with Crippen LogP contribution in [-0.4, -0.2) is 17.3 Å². The molecule has 0 aliphatic carbocycles. The number of aromatic nitrogens is 1. The lowest BCUT2D eigenvalue weighted by Gasteiger charge is -2.10. The second-order valence-electron chi connectivity index (χ2n) is 3.86. The first kappa shape index (κ1) is 11.8. The first-order valence-corrected chi connectivity index (χ1v) is 5.09. The van der Waals surface area contributed by atoms with Crippen LogP contribution in [0, 0.1) is 6.92 Å². The molecule has 15 heavy (non-hydrogen) atoms. The fourth-order valence-corrected chi connectivity index (χ4v) is 1.25. The molecule has 0 radical (unpaired) electrons. The largest absolute Gasteiger partial charge is 0.397 e. The van der Waals surface area contributed by atoms with Gasteiger partial charge in [0.2, 0.25) is 0 Å². The number of nitrogens with two attached hydrogens (primary N) is 1. The fraction of sp³-hybridized carbons (Fsp3) is 0.545. The molecule has 1 heterocycles. The van der Waals surface area contributed by atoms with E-state index in [0.717, 1.165) is 5.56 Å². The minimum atomic E-state index is -0.0333. The van der Waals surface area contributed by atoms with Crippen molar-refractivity contribution in [2.24, 2.45) is 0 Å². The van der Waals surface area contributed by atoms with Gasteiger partial charge in [-0.15, -0.1) is 0 Å². The van der Waals surface area contributed by atoms with Crippen molar-refractivity contribution in [1.82, 2.24) is 4.57 Å². The normalized spacial score (nSPS) is 10.9. The van der Waals surface area contributed by atoms with Gasteiger partial charge in [-0.1, -0.05) is 0 Å². The van der Waals surface area contributed by atoms with Gasteiger partial charge in [-0.2, -0.15) is 0 Å². The topological polar surface area (TPSA) is 57.2 Å². The van der Waals surface area contributed by atoms with Crippen LogP contribution in [-0.2, 0) is 11.3 Å². The number of nitrogen functional groups attached to an aromatic ring is 1. The SMILES string of the molecule is Cc1cc(=O)n(CCOC(C)C)cc1N. The van der Waals surface area contributed by atoms with Crippen molar-refractivity contribution in [2.45, 2.75) is 33.4 Å². The molecule has 0 bridgehead atoms. The molecule has 0 aliphatic heterocycles. The zero-order valence-electron chi connectivity index (χ0n) is 9.49. The Labute approximate surface area is 89.7 Å². The summed E-state index contributed by atoms with van der Waals surface area (Å²) in [5, 5.41) is 0. The minimum Gasteiger partial charge on any atom is -0.397 e. The van der Waals surface area contributed by atoms with E-state index in [0.29, 0.717) is 18.8 Å². The third-order valence-electron chi connectivity index (χ3n) is 2.16. The van der Waals surface area contributed by atoms with Crippen molar-refractivity contribution in [2.75, 3.05) is 12.3 Å². The smallest absolute Gasteiger partial charge is 0.250 e. The molecule has 1 aromatic heterocycles. The molecule has 84 valence electrons. The van der Waals surface area contributed by atoms with Crippen LogP contribution in [0.3, 0.4) is 0 Å². The third-order valence-corrected chi connectivity index (χ3v) is 2.16. The van der Waals surface area contributed by atoms with E-state index in [-0.39, 0.29) is 11.7 Å². The highest BCUT2D eigenvalue weighted by molar-refractivity contribution is 5.42. The molecule has 1 rings (SSSR count). The molecule has 0 aromatic carbocycles. The molecule has 0 atom stereocenters. The average Bonchev–Trinajstić information content (AvgIpc) is 2.13. The van der Waals surface area contributed by atoms with Crippen LogP contribution in [0.4, 0.5) is 5.69 Å². The van der Waals surface area contributed by atoms with Crippen LogP contribution < -0.4 is 11.3 Å². The van der Waals surface area contributed by atoms with E-state index in [4.69, 9.17) is 10.5 Å². The minimum absolute atomic E-state index is 0.0333. The van der Waals surface area contributed by atoms with E-state index >= 15 is 0 Å². The van der Waals surface area contributed by atoms with E-state index < -0.39 is 0 Å². The van der Waals surface area contributed by atoms with Crippen LogP contribution >= 0.6 is 0 Å². The molecule has 0 unspecified atom stereocenters. The lowest BCUT2D eigenvalue weighted by atomic mass is 10.2. The van der Waals surface area contributed by atoms with Crippen LogP contribution in [0.2, 0.25) is 0 Å². The van der Waals surface area contributed by atoms with Gasteiger partial charge in [0.15, 0.2) is 0 Å². The van der Waals surface area contributed by atoms with Gasteiger partial charge in [-0.05, 0) is 26.3 Å². The van der Waals surface area contributed by atoms with E-state index in [1.165, 1.54) is 0 Å². The molecule has 0 fully saturated rings. The second-order valence-corrected chi connectivity index (χ2v) is 3.86. The van der Waals surface area contributed by atoms with Crippen molar-refractivity contribution in [3.63, 3.8) is 0 Å². The lowest BCUT2D eigenvalue weighted by Crippen LogP contribution is -2.23. The quantitative estimate of drug-likeness (QED) is 0.811. The van der Waals surface area contributed by atoms with Gasteiger partial charge in [-0.25, -0.2) is 0 Å². The number of nitrogens with zero attached hydrogens (tertiary/aromatic N) is 1. The molecular formula is C11H18N2O2. The Balaban J connectivity index is 2.69. The zero-order valence-corrected chi connectivity index (χ0v) is 9.49. The maximum atomic E-state index is 11.5. The van der Waals surface area contributed by atoms with Crippen molar-refractivity contribution in [3.8, 4) is 0 Å². The lowest BCUT2D eigenvalue weighted by molar-refractivity contribution is 0.0723. The monoisotopic (exact) mass is 210 g/mol. The Morgan fingerprint density at radius 2 is 2.20 bits per heavy atom. The Hall–Kier alpha value is -1.29. The molecule has 4 heteroatoms. The summed E-state index contributed by atoms with van der Waals surface area (Å²) in [6.45, 7) is 6.83. The van der Waals surface area contributed by atoms with E-state index in [1.54, 1.807) is 16.8 Å². The Kier molecular flexibility index (Phi) is 3.91. The summed E-state index contributed by atoms with van der Waals surface area (Å²) in [7, 11) is 0. The third kappa shape index (κ3) is 3.40. The number of hydrogen-bond donors (Lipinski definition) is 1. The number of aryl methyl sites for hydroxylation is 1. The number of rotatable bonds is 4. The van der Waals surface area contributed by atoms with Gasteiger partial charge < -0.3 is 15.0 Å². The van der Waals surface area contributed by atoms with Gasteiger partial charge in [0.05, 0.1) is 18.4 Å². The van der Waals surface area contributed by atoms with E-state index in [1.807, 2.05) is 20.8 Å². The predicted octanol–water partition coefficient (Wildman–Crippen LogP) is 1.16. The summed E-state index contributed by atoms with van der Waals surface area (Å²) in [4.78, 5) is 11.5. The molecule has 0 aliphatic rings. The number of pyridine rings is 1. The van der Waals surface area contributed by atoms with Crippen molar-refractivity contribution >= 4 is 5.69 Å². The van der Waals surface area contributed by atoms with Gasteiger partial charge in [0, 0.05) is 18.8 Å². The van der Waals surface area contributed by atoms with Crippen LogP contribution in [0.5, 0.6) is 0 Å². The molecular weight excluding hydrogens is 192 g/mol. The highest BCUT2D eigenvalue weighted by atomic mass is 16.5. The summed E-state index contributed by atoms with van der Waals surface area (Å²) >= 11 is 0. The highest BCUT2D eigenvalue weighted by Crippen LogP contribution is 2.05. The van der Waals surface area contributed by atoms with Crippen LogP contribution in [0.1, 0.15) is 19.4 Å². The molecule has 0 amide bonds. The summed E-state index contributed by atoms with van der Waals surface area (Å²) in [5.74, 6) is 0. The zero-order chi connectivity index (χ0) is 11.4. The van der Waals surface area contributed by atoms with Gasteiger partial charge in [-0.3, -0.25) is 4.79 Å². The molecule has 2 N–H and O–H groups in total. The molecule has 0 saturated carbocycles. The summed E-state index contributed by atoms with van der Waals surface area (Å²) < 4.78 is 6.94. The molecule has 0 saturated heterocycles. The number of anilines is 1. The fourth-order valence-electron chi connectivity index (χ4n) is 1.25. The Morgan fingerprint density at radius 3 is 2.80 bits per heavy atom. The highest BCUT2D eigenvalue weighted by Gasteiger charge is 2.01.